The average molecular weight is 356 g/mol. The number of carbonyl (C=O) groups excluding carboxylic acids is 1. The molecule has 0 radical (unpaired) electrons. The summed E-state index contributed by atoms with van der Waals surface area (Å²) in [6, 6.07) is 11.2. The Labute approximate surface area is 160 Å². The Morgan fingerprint density at radius 2 is 1.67 bits per heavy atom. The van der Waals surface area contributed by atoms with E-state index in [4.69, 9.17) is 0 Å². The summed E-state index contributed by atoms with van der Waals surface area (Å²) in [4.78, 5) is 14.8. The van der Waals surface area contributed by atoms with Crippen molar-refractivity contribution in [2.45, 2.75) is 51.4 Å². The van der Waals surface area contributed by atoms with Crippen LogP contribution < -0.4 is 4.90 Å². The van der Waals surface area contributed by atoms with Crippen molar-refractivity contribution in [1.82, 2.24) is 0 Å². The smallest absolute Gasteiger partial charge is 0.137 e. The fourth-order valence-electron chi connectivity index (χ4n) is 5.31. The maximum Gasteiger partial charge on any atom is 0.137 e. The number of nitrogens with zero attached hydrogens (tertiary/aromatic N) is 2. The highest BCUT2D eigenvalue weighted by Gasteiger charge is 2.33. The van der Waals surface area contributed by atoms with Gasteiger partial charge in [-0.1, -0.05) is 24.3 Å². The largest absolute Gasteiger partial charge is 0.370 e. The summed E-state index contributed by atoms with van der Waals surface area (Å²) in [6.07, 6.45) is 7.44. The van der Waals surface area contributed by atoms with Crippen LogP contribution in [-0.2, 0) is 30.5 Å². The second kappa shape index (κ2) is 6.53. The maximum atomic E-state index is 12.3. The fraction of sp³-hybridized carbons (Fsp3) is 0.417. The van der Waals surface area contributed by atoms with Gasteiger partial charge in [-0.2, -0.15) is 5.26 Å². The minimum absolute atomic E-state index is 0.308. The van der Waals surface area contributed by atoms with Crippen molar-refractivity contribution in [3.63, 3.8) is 0 Å². The first-order chi connectivity index (χ1) is 13.3. The van der Waals surface area contributed by atoms with Crippen molar-refractivity contribution in [2.75, 3.05) is 18.0 Å². The molecule has 1 aliphatic heterocycles. The molecular weight excluding hydrogens is 332 g/mol. The van der Waals surface area contributed by atoms with Gasteiger partial charge in [0.25, 0.3) is 0 Å². The minimum atomic E-state index is 0.308. The van der Waals surface area contributed by atoms with E-state index in [1.54, 1.807) is 0 Å². The van der Waals surface area contributed by atoms with Gasteiger partial charge in [-0.05, 0) is 71.9 Å². The average Bonchev–Trinajstić information content (AvgIpc) is 2.72. The number of Topliss-reactive ketones (excluding diaryl/α,β-unsaturated/α-hetero) is 1. The molecule has 0 aromatic heterocycles. The van der Waals surface area contributed by atoms with E-state index in [9.17, 15) is 10.1 Å². The monoisotopic (exact) mass is 356 g/mol. The molecule has 3 aliphatic rings. The normalized spacial score (nSPS) is 18.3. The summed E-state index contributed by atoms with van der Waals surface area (Å²) in [5.41, 5.74) is 9.60. The molecule has 0 amide bonds. The molecule has 0 unspecified atom stereocenters. The van der Waals surface area contributed by atoms with Gasteiger partial charge in [0.05, 0.1) is 11.3 Å². The standard InChI is InChI=1S/C24H24N2O/c25-15-22-19-11-9-17(27)14-21(19)23-18-7-3-2-6-16(18)8-10-20(23)24(22)26-12-4-1-5-13-26/h2-3,6-7H,1,4-5,8-14H2. The molecule has 3 heteroatoms. The lowest BCUT2D eigenvalue weighted by molar-refractivity contribution is -0.118. The van der Waals surface area contributed by atoms with E-state index in [2.05, 4.69) is 35.2 Å². The highest BCUT2D eigenvalue weighted by atomic mass is 16.1. The summed E-state index contributed by atoms with van der Waals surface area (Å²) in [5.74, 6) is 0.308. The van der Waals surface area contributed by atoms with Crippen LogP contribution >= 0.6 is 0 Å². The van der Waals surface area contributed by atoms with Crippen LogP contribution in [0.2, 0.25) is 0 Å². The molecule has 136 valence electrons. The van der Waals surface area contributed by atoms with Gasteiger partial charge in [0.2, 0.25) is 0 Å². The number of ketones is 1. The zero-order valence-electron chi connectivity index (χ0n) is 15.7. The lowest BCUT2D eigenvalue weighted by Crippen LogP contribution is -2.33. The molecule has 0 atom stereocenters. The van der Waals surface area contributed by atoms with Crippen molar-refractivity contribution in [2.24, 2.45) is 0 Å². The van der Waals surface area contributed by atoms with Crippen LogP contribution in [0.3, 0.4) is 0 Å². The molecule has 0 saturated carbocycles. The number of piperidine rings is 1. The van der Waals surface area contributed by atoms with Gasteiger partial charge in [0.1, 0.15) is 11.9 Å². The van der Waals surface area contributed by atoms with E-state index >= 15 is 0 Å². The van der Waals surface area contributed by atoms with E-state index in [0.29, 0.717) is 25.0 Å². The summed E-state index contributed by atoms with van der Waals surface area (Å²) in [5, 5.41) is 10.1. The Bertz CT molecular complexity index is 977. The third-order valence-electron chi connectivity index (χ3n) is 6.54. The Balaban J connectivity index is 1.83. The molecule has 5 rings (SSSR count). The molecule has 1 fully saturated rings. The van der Waals surface area contributed by atoms with E-state index < -0.39 is 0 Å². The van der Waals surface area contributed by atoms with E-state index in [1.807, 2.05) is 0 Å². The van der Waals surface area contributed by atoms with Gasteiger partial charge in [-0.15, -0.1) is 0 Å². The van der Waals surface area contributed by atoms with Crippen LogP contribution in [0.4, 0.5) is 5.69 Å². The number of aryl methyl sites for hydroxylation is 1. The predicted octanol–water partition coefficient (Wildman–Crippen LogP) is 4.37. The Hall–Kier alpha value is -2.60. The first-order valence-corrected chi connectivity index (χ1v) is 10.2. The summed E-state index contributed by atoms with van der Waals surface area (Å²) >= 11 is 0. The number of fused-ring (bicyclic) bond motifs is 5. The van der Waals surface area contributed by atoms with E-state index in [1.165, 1.54) is 47.2 Å². The number of carbonyl (C=O) groups is 1. The first kappa shape index (κ1) is 16.6. The Kier molecular flexibility index (Phi) is 4.01. The third kappa shape index (κ3) is 2.58. The van der Waals surface area contributed by atoms with Gasteiger partial charge >= 0.3 is 0 Å². The summed E-state index contributed by atoms with van der Waals surface area (Å²) in [6.45, 7) is 2.08. The zero-order chi connectivity index (χ0) is 18.4. The van der Waals surface area contributed by atoms with E-state index in [-0.39, 0.29) is 0 Å². The SMILES string of the molecule is N#Cc1c2c(c3c(c1N1CCCCC1)CCc1ccccc1-3)CC(=O)CC2. The van der Waals surface area contributed by atoms with Crippen LogP contribution in [0.1, 0.15) is 53.5 Å². The molecule has 2 aliphatic carbocycles. The van der Waals surface area contributed by atoms with Crippen molar-refractivity contribution < 1.29 is 4.79 Å². The van der Waals surface area contributed by atoms with Crippen molar-refractivity contribution in [1.29, 1.82) is 5.26 Å². The third-order valence-corrected chi connectivity index (χ3v) is 6.54. The Morgan fingerprint density at radius 1 is 0.889 bits per heavy atom. The lowest BCUT2D eigenvalue weighted by Gasteiger charge is -2.37. The second-order valence-corrected chi connectivity index (χ2v) is 8.07. The summed E-state index contributed by atoms with van der Waals surface area (Å²) in [7, 11) is 0. The molecule has 1 saturated heterocycles. The molecular formula is C24H24N2O. The molecule has 0 bridgehead atoms. The number of anilines is 1. The van der Waals surface area contributed by atoms with Crippen molar-refractivity contribution >= 4 is 11.5 Å². The minimum Gasteiger partial charge on any atom is -0.370 e. The topological polar surface area (TPSA) is 44.1 Å². The number of rotatable bonds is 1. The maximum absolute atomic E-state index is 12.3. The zero-order valence-corrected chi connectivity index (χ0v) is 15.7. The quantitative estimate of drug-likeness (QED) is 0.762. The van der Waals surface area contributed by atoms with Gasteiger partial charge in [0.15, 0.2) is 0 Å². The van der Waals surface area contributed by atoms with Crippen LogP contribution in [0, 0.1) is 11.3 Å². The second-order valence-electron chi connectivity index (χ2n) is 8.07. The van der Waals surface area contributed by atoms with Gasteiger partial charge in [-0.3, -0.25) is 4.79 Å². The number of hydrogen-bond donors (Lipinski definition) is 0. The molecule has 3 nitrogen and oxygen atoms in total. The van der Waals surface area contributed by atoms with Crippen LogP contribution in [0.25, 0.3) is 11.1 Å². The van der Waals surface area contributed by atoms with Crippen LogP contribution in [-0.4, -0.2) is 18.9 Å². The van der Waals surface area contributed by atoms with E-state index in [0.717, 1.165) is 42.6 Å². The van der Waals surface area contributed by atoms with Gasteiger partial charge < -0.3 is 4.90 Å². The van der Waals surface area contributed by atoms with Gasteiger partial charge in [-0.25, -0.2) is 0 Å². The van der Waals surface area contributed by atoms with Crippen LogP contribution in [0.15, 0.2) is 24.3 Å². The highest BCUT2D eigenvalue weighted by Crippen LogP contribution is 2.46. The highest BCUT2D eigenvalue weighted by molar-refractivity contribution is 5.93. The van der Waals surface area contributed by atoms with Crippen molar-refractivity contribution in [3.05, 3.63) is 52.1 Å². The molecule has 1 heterocycles. The van der Waals surface area contributed by atoms with Crippen molar-refractivity contribution in [3.8, 4) is 17.2 Å². The fourth-order valence-corrected chi connectivity index (χ4v) is 5.31. The molecule has 27 heavy (non-hydrogen) atoms. The van der Waals surface area contributed by atoms with Crippen LogP contribution in [0.5, 0.6) is 0 Å². The molecule has 0 N–H and O–H groups in total. The first-order valence-electron chi connectivity index (χ1n) is 10.2. The Morgan fingerprint density at radius 3 is 2.48 bits per heavy atom. The molecule has 2 aromatic carbocycles. The lowest BCUT2D eigenvalue weighted by atomic mass is 9.74. The molecule has 2 aromatic rings. The number of nitriles is 1. The number of benzene rings is 2. The predicted molar refractivity (Wildman–Crippen MR) is 107 cm³/mol. The summed E-state index contributed by atoms with van der Waals surface area (Å²) < 4.78 is 0. The number of hydrogen-bond acceptors (Lipinski definition) is 3. The molecule has 0 spiro atoms. The van der Waals surface area contributed by atoms with Gasteiger partial charge in [0, 0.05) is 25.9 Å².